The van der Waals surface area contributed by atoms with Crippen LogP contribution in [0.15, 0.2) is 89.9 Å². The summed E-state index contributed by atoms with van der Waals surface area (Å²) in [6.45, 7) is 5.71. The molecule has 0 unspecified atom stereocenters. The van der Waals surface area contributed by atoms with Gasteiger partial charge in [-0.1, -0.05) is 42.5 Å². The van der Waals surface area contributed by atoms with E-state index in [0.29, 0.717) is 22.5 Å². The predicted octanol–water partition coefficient (Wildman–Crippen LogP) is 5.27. The molecule has 34 heavy (non-hydrogen) atoms. The zero-order valence-electron chi connectivity index (χ0n) is 19.3. The van der Waals surface area contributed by atoms with E-state index in [1.165, 1.54) is 16.7 Å². The number of carbonyl (C=O) groups excluding carboxylic acids is 2. The highest BCUT2D eigenvalue weighted by atomic mass is 16.2. The van der Waals surface area contributed by atoms with Crippen LogP contribution in [0.2, 0.25) is 0 Å². The van der Waals surface area contributed by atoms with Crippen LogP contribution in [-0.2, 0) is 0 Å². The van der Waals surface area contributed by atoms with Gasteiger partial charge in [-0.3, -0.25) is 19.0 Å². The van der Waals surface area contributed by atoms with Gasteiger partial charge >= 0.3 is 0 Å². The number of hydrogen-bond donors (Lipinski definition) is 2. The first-order chi connectivity index (χ1) is 16.3. The van der Waals surface area contributed by atoms with Crippen LogP contribution >= 0.6 is 0 Å². The Balaban J connectivity index is 1.60. The molecule has 0 aliphatic carbocycles. The number of anilines is 2. The molecule has 2 amide bonds. The number of pyridine rings is 1. The zero-order valence-corrected chi connectivity index (χ0v) is 19.3. The van der Waals surface area contributed by atoms with Gasteiger partial charge in [0.15, 0.2) is 0 Å². The average Bonchev–Trinajstić information content (AvgIpc) is 2.82. The Kier molecular flexibility index (Phi) is 6.41. The summed E-state index contributed by atoms with van der Waals surface area (Å²) < 4.78 is 1.50. The summed E-state index contributed by atoms with van der Waals surface area (Å²) in [5, 5.41) is 5.72. The van der Waals surface area contributed by atoms with E-state index in [4.69, 9.17) is 0 Å². The summed E-state index contributed by atoms with van der Waals surface area (Å²) >= 11 is 0. The molecule has 4 rings (SSSR count). The number of benzene rings is 3. The number of aromatic nitrogens is 1. The summed E-state index contributed by atoms with van der Waals surface area (Å²) in [4.78, 5) is 38.3. The fourth-order valence-electron chi connectivity index (χ4n) is 3.80. The summed E-state index contributed by atoms with van der Waals surface area (Å²) in [5.41, 5.74) is 5.20. The van der Waals surface area contributed by atoms with E-state index < -0.39 is 0 Å². The van der Waals surface area contributed by atoms with Gasteiger partial charge in [-0.05, 0) is 67.8 Å². The Bertz CT molecular complexity index is 1420. The van der Waals surface area contributed by atoms with Crippen LogP contribution in [0.3, 0.4) is 0 Å². The SMILES string of the molecule is Cc1ccc(C(=O)Nc2ccccc2)cc1NC(=O)c1ccc(=O)n(-c2c(C)cccc2C)c1. The molecule has 0 bridgehead atoms. The van der Waals surface area contributed by atoms with Crippen LogP contribution in [0, 0.1) is 20.8 Å². The Labute approximate surface area is 197 Å². The normalized spacial score (nSPS) is 10.6. The van der Waals surface area contributed by atoms with E-state index in [0.717, 1.165) is 22.4 Å². The van der Waals surface area contributed by atoms with Crippen molar-refractivity contribution >= 4 is 23.2 Å². The van der Waals surface area contributed by atoms with Crippen molar-refractivity contribution in [2.24, 2.45) is 0 Å². The molecular weight excluding hydrogens is 426 g/mol. The highest BCUT2D eigenvalue weighted by Gasteiger charge is 2.14. The maximum absolute atomic E-state index is 13.1. The van der Waals surface area contributed by atoms with Crippen molar-refractivity contribution < 1.29 is 9.59 Å². The molecule has 0 saturated heterocycles. The van der Waals surface area contributed by atoms with Crippen molar-refractivity contribution in [2.45, 2.75) is 20.8 Å². The monoisotopic (exact) mass is 451 g/mol. The molecule has 0 spiro atoms. The van der Waals surface area contributed by atoms with E-state index >= 15 is 0 Å². The molecule has 0 atom stereocenters. The van der Waals surface area contributed by atoms with Crippen LogP contribution in [0.4, 0.5) is 11.4 Å². The fourth-order valence-corrected chi connectivity index (χ4v) is 3.80. The van der Waals surface area contributed by atoms with Gasteiger partial charge in [0.2, 0.25) is 0 Å². The number of para-hydroxylation sites is 2. The van der Waals surface area contributed by atoms with Gasteiger partial charge in [-0.25, -0.2) is 0 Å². The van der Waals surface area contributed by atoms with Gasteiger partial charge in [0.05, 0.1) is 11.3 Å². The Morgan fingerprint density at radius 2 is 1.32 bits per heavy atom. The van der Waals surface area contributed by atoms with Crippen molar-refractivity contribution in [1.82, 2.24) is 4.57 Å². The Morgan fingerprint density at radius 1 is 0.676 bits per heavy atom. The molecule has 0 saturated carbocycles. The first kappa shape index (κ1) is 22.7. The van der Waals surface area contributed by atoms with Crippen molar-refractivity contribution in [3.63, 3.8) is 0 Å². The second-order valence-electron chi connectivity index (χ2n) is 8.17. The highest BCUT2D eigenvalue weighted by molar-refractivity contribution is 6.07. The third kappa shape index (κ3) is 4.81. The molecule has 2 N–H and O–H groups in total. The molecule has 0 aliphatic heterocycles. The summed E-state index contributed by atoms with van der Waals surface area (Å²) in [5.74, 6) is -0.644. The Morgan fingerprint density at radius 3 is 2.03 bits per heavy atom. The van der Waals surface area contributed by atoms with E-state index in [1.807, 2.05) is 57.2 Å². The van der Waals surface area contributed by atoms with E-state index in [1.54, 1.807) is 36.5 Å². The van der Waals surface area contributed by atoms with Gasteiger partial charge in [-0.15, -0.1) is 0 Å². The number of nitrogens with one attached hydrogen (secondary N) is 2. The molecule has 0 aliphatic rings. The van der Waals surface area contributed by atoms with Crippen molar-refractivity contribution in [3.8, 4) is 5.69 Å². The molecule has 0 fully saturated rings. The predicted molar refractivity (Wildman–Crippen MR) is 135 cm³/mol. The number of rotatable bonds is 5. The van der Waals surface area contributed by atoms with Crippen LogP contribution in [0.5, 0.6) is 0 Å². The lowest BCUT2D eigenvalue weighted by Gasteiger charge is -2.14. The van der Waals surface area contributed by atoms with E-state index in [2.05, 4.69) is 10.6 Å². The number of hydrogen-bond acceptors (Lipinski definition) is 3. The number of amides is 2. The van der Waals surface area contributed by atoms with Crippen molar-refractivity contribution in [1.29, 1.82) is 0 Å². The standard InChI is InChI=1S/C28H25N3O3/c1-18-12-13-21(27(33)29-23-10-5-4-6-11-23)16-24(18)30-28(34)22-14-15-25(32)31(17-22)26-19(2)8-7-9-20(26)3/h4-17H,1-3H3,(H,29,33)(H,30,34). The van der Waals surface area contributed by atoms with Gasteiger partial charge in [0.25, 0.3) is 17.4 Å². The van der Waals surface area contributed by atoms with Crippen LogP contribution in [0.25, 0.3) is 5.69 Å². The smallest absolute Gasteiger partial charge is 0.257 e. The van der Waals surface area contributed by atoms with Gasteiger partial charge in [0, 0.05) is 29.2 Å². The highest BCUT2D eigenvalue weighted by Crippen LogP contribution is 2.21. The topological polar surface area (TPSA) is 80.2 Å². The molecule has 6 nitrogen and oxygen atoms in total. The quantitative estimate of drug-likeness (QED) is 0.434. The fraction of sp³-hybridized carbons (Fsp3) is 0.107. The molecule has 170 valence electrons. The van der Waals surface area contributed by atoms with Crippen LogP contribution in [0.1, 0.15) is 37.4 Å². The minimum Gasteiger partial charge on any atom is -0.322 e. The molecule has 1 heterocycles. The lowest BCUT2D eigenvalue weighted by atomic mass is 10.1. The Hall–Kier alpha value is -4.45. The molecule has 6 heteroatoms. The molecule has 0 radical (unpaired) electrons. The lowest BCUT2D eigenvalue weighted by molar-refractivity contribution is 0.101. The first-order valence-electron chi connectivity index (χ1n) is 10.9. The maximum atomic E-state index is 13.1. The summed E-state index contributed by atoms with van der Waals surface area (Å²) in [7, 11) is 0. The third-order valence-corrected chi connectivity index (χ3v) is 5.63. The summed E-state index contributed by atoms with van der Waals surface area (Å²) in [6.07, 6.45) is 1.55. The van der Waals surface area contributed by atoms with Crippen LogP contribution < -0.4 is 16.2 Å². The van der Waals surface area contributed by atoms with Crippen molar-refractivity contribution in [2.75, 3.05) is 10.6 Å². The maximum Gasteiger partial charge on any atom is 0.257 e. The second kappa shape index (κ2) is 9.58. The molecule has 4 aromatic rings. The second-order valence-corrected chi connectivity index (χ2v) is 8.17. The number of carbonyl (C=O) groups is 2. The van der Waals surface area contributed by atoms with Gasteiger partial charge in [0.1, 0.15) is 0 Å². The minimum atomic E-state index is -0.372. The van der Waals surface area contributed by atoms with Crippen molar-refractivity contribution in [3.05, 3.63) is 123 Å². The van der Waals surface area contributed by atoms with E-state index in [9.17, 15) is 14.4 Å². The largest absolute Gasteiger partial charge is 0.322 e. The summed E-state index contributed by atoms with van der Waals surface area (Å²) in [6, 6.07) is 23.0. The zero-order chi connectivity index (χ0) is 24.2. The molecule has 3 aromatic carbocycles. The minimum absolute atomic E-state index is 0.218. The first-order valence-corrected chi connectivity index (χ1v) is 10.9. The lowest BCUT2D eigenvalue weighted by Crippen LogP contribution is -2.22. The number of nitrogens with zero attached hydrogens (tertiary/aromatic N) is 1. The molecule has 1 aromatic heterocycles. The van der Waals surface area contributed by atoms with Crippen LogP contribution in [-0.4, -0.2) is 16.4 Å². The average molecular weight is 452 g/mol. The van der Waals surface area contributed by atoms with Gasteiger partial charge < -0.3 is 10.6 Å². The molecular formula is C28H25N3O3. The van der Waals surface area contributed by atoms with Gasteiger partial charge in [-0.2, -0.15) is 0 Å². The third-order valence-electron chi connectivity index (χ3n) is 5.63. The van der Waals surface area contributed by atoms with E-state index in [-0.39, 0.29) is 17.4 Å². The number of aryl methyl sites for hydroxylation is 3.